The van der Waals surface area contributed by atoms with E-state index in [2.05, 4.69) is 39.6 Å². The number of benzene rings is 2. The monoisotopic (exact) mass is 375 g/mol. The van der Waals surface area contributed by atoms with Crippen LogP contribution in [0.2, 0.25) is 0 Å². The molecule has 3 heterocycles. The van der Waals surface area contributed by atoms with Crippen molar-refractivity contribution in [2.75, 3.05) is 26.2 Å². The summed E-state index contributed by atoms with van der Waals surface area (Å²) in [7, 11) is 0. The topological polar surface area (TPSA) is 76.2 Å². The van der Waals surface area contributed by atoms with Gasteiger partial charge in [0.1, 0.15) is 5.52 Å². The highest BCUT2D eigenvalue weighted by Gasteiger charge is 2.28. The molecule has 5 rings (SSSR count). The molecule has 0 unspecified atom stereocenters. The van der Waals surface area contributed by atoms with Gasteiger partial charge in [-0.3, -0.25) is 9.69 Å². The molecule has 0 spiro atoms. The Labute approximate surface area is 164 Å². The predicted octanol–water partition coefficient (Wildman–Crippen LogP) is 2.28. The number of carbonyl (C=O) groups is 1. The van der Waals surface area contributed by atoms with Crippen LogP contribution in [0, 0.1) is 0 Å². The normalized spacial score (nSPS) is 19.0. The van der Waals surface area contributed by atoms with Gasteiger partial charge in [0, 0.05) is 30.7 Å². The zero-order chi connectivity index (χ0) is 19.1. The number of hydrogen-bond acceptors (Lipinski definition) is 4. The first-order valence-electron chi connectivity index (χ1n) is 10.0. The van der Waals surface area contributed by atoms with Crippen LogP contribution in [-0.2, 0) is 0 Å². The highest BCUT2D eigenvalue weighted by atomic mass is 16.1. The van der Waals surface area contributed by atoms with Gasteiger partial charge in [0.2, 0.25) is 0 Å². The first-order chi connectivity index (χ1) is 13.7. The molecule has 2 aromatic carbocycles. The van der Waals surface area contributed by atoms with Gasteiger partial charge in [0.25, 0.3) is 5.91 Å². The Hall–Kier alpha value is -2.70. The molecule has 144 valence electrons. The maximum Gasteiger partial charge on any atom is 0.250 e. The Morgan fingerprint density at radius 3 is 2.46 bits per heavy atom. The summed E-state index contributed by atoms with van der Waals surface area (Å²) in [6.45, 7) is 4.68. The van der Waals surface area contributed by atoms with Crippen molar-refractivity contribution in [1.82, 2.24) is 20.0 Å². The minimum Gasteiger partial charge on any atom is -0.366 e. The van der Waals surface area contributed by atoms with E-state index in [9.17, 15) is 4.79 Å². The number of rotatable bonds is 4. The van der Waals surface area contributed by atoms with Crippen LogP contribution in [0.5, 0.6) is 0 Å². The second-order valence-corrected chi connectivity index (χ2v) is 7.90. The fourth-order valence-electron chi connectivity index (χ4n) is 4.41. The van der Waals surface area contributed by atoms with Crippen molar-refractivity contribution in [1.29, 1.82) is 0 Å². The second kappa shape index (κ2) is 7.04. The number of nitrogens with two attached hydrogens (primary N) is 1. The molecular formula is C22H25N5O. The molecule has 0 atom stereocenters. The van der Waals surface area contributed by atoms with Gasteiger partial charge in [-0.25, -0.2) is 4.68 Å². The van der Waals surface area contributed by atoms with Crippen LogP contribution in [0.1, 0.15) is 34.7 Å². The van der Waals surface area contributed by atoms with Crippen LogP contribution in [0.15, 0.2) is 48.7 Å². The summed E-state index contributed by atoms with van der Waals surface area (Å²) in [6.07, 6.45) is 4.40. The fraction of sp³-hybridized carbons (Fsp3) is 0.364. The molecule has 1 aromatic heterocycles. The number of carbonyl (C=O) groups excluding carboxylic acids is 1. The zero-order valence-corrected chi connectivity index (χ0v) is 15.8. The molecule has 3 N–H and O–H groups in total. The Balaban J connectivity index is 1.33. The minimum absolute atomic E-state index is 0.449. The molecule has 2 aliphatic rings. The molecule has 28 heavy (non-hydrogen) atoms. The van der Waals surface area contributed by atoms with Gasteiger partial charge in [-0.05, 0) is 55.6 Å². The molecule has 0 aliphatic carbocycles. The fourth-order valence-corrected chi connectivity index (χ4v) is 4.41. The number of fused-ring (bicyclic) bond motifs is 1. The lowest BCUT2D eigenvalue weighted by Gasteiger charge is -2.42. The van der Waals surface area contributed by atoms with E-state index in [0.29, 0.717) is 17.0 Å². The van der Waals surface area contributed by atoms with Crippen LogP contribution in [0.3, 0.4) is 0 Å². The molecular weight excluding hydrogens is 350 g/mol. The van der Waals surface area contributed by atoms with E-state index in [-0.39, 0.29) is 0 Å². The predicted molar refractivity (Wildman–Crippen MR) is 110 cm³/mol. The van der Waals surface area contributed by atoms with Crippen LogP contribution >= 0.6 is 0 Å². The average molecular weight is 375 g/mol. The van der Waals surface area contributed by atoms with E-state index in [4.69, 9.17) is 5.73 Å². The number of piperidine rings is 1. The number of primary amides is 1. The van der Waals surface area contributed by atoms with Crippen LogP contribution in [-0.4, -0.2) is 52.8 Å². The maximum absolute atomic E-state index is 11.6. The van der Waals surface area contributed by atoms with E-state index in [1.807, 2.05) is 23.0 Å². The summed E-state index contributed by atoms with van der Waals surface area (Å²) in [4.78, 5) is 14.3. The van der Waals surface area contributed by atoms with Crippen molar-refractivity contribution in [3.63, 3.8) is 0 Å². The Kier molecular flexibility index (Phi) is 4.37. The molecule has 2 fully saturated rings. The van der Waals surface area contributed by atoms with Gasteiger partial charge in [-0.15, -0.1) is 0 Å². The number of likely N-dealkylation sites (tertiary alicyclic amines) is 1. The van der Waals surface area contributed by atoms with E-state index in [1.165, 1.54) is 31.5 Å². The summed E-state index contributed by atoms with van der Waals surface area (Å²) in [5, 5.41) is 8.88. The summed E-state index contributed by atoms with van der Waals surface area (Å²) in [6, 6.07) is 14.9. The Bertz CT molecular complexity index is 997. The lowest BCUT2D eigenvalue weighted by atomic mass is 9.88. The number of nitrogens with zero attached hydrogens (tertiary/aromatic N) is 3. The third kappa shape index (κ3) is 3.08. The first kappa shape index (κ1) is 17.4. The summed E-state index contributed by atoms with van der Waals surface area (Å²) >= 11 is 0. The third-order valence-electron chi connectivity index (χ3n) is 6.24. The van der Waals surface area contributed by atoms with Gasteiger partial charge in [-0.2, -0.15) is 5.10 Å². The Morgan fingerprint density at radius 1 is 1.07 bits per heavy atom. The van der Waals surface area contributed by atoms with E-state index >= 15 is 0 Å². The van der Waals surface area contributed by atoms with Gasteiger partial charge >= 0.3 is 0 Å². The van der Waals surface area contributed by atoms with Crippen molar-refractivity contribution in [2.45, 2.75) is 24.8 Å². The van der Waals surface area contributed by atoms with Crippen LogP contribution in [0.4, 0.5) is 0 Å². The van der Waals surface area contributed by atoms with E-state index in [1.54, 1.807) is 6.07 Å². The SMILES string of the molecule is NC(=O)c1cccc2cn(-c3ccc(C4CCN(C5CNC5)CC4)cc3)nc12. The number of hydrogen-bond donors (Lipinski definition) is 2. The molecule has 0 saturated carbocycles. The maximum atomic E-state index is 11.6. The Morgan fingerprint density at radius 2 is 1.82 bits per heavy atom. The highest BCUT2D eigenvalue weighted by Crippen LogP contribution is 2.30. The van der Waals surface area contributed by atoms with Crippen molar-refractivity contribution in [3.8, 4) is 5.69 Å². The second-order valence-electron chi connectivity index (χ2n) is 7.90. The number of nitrogens with one attached hydrogen (secondary N) is 1. The van der Waals surface area contributed by atoms with Crippen molar-refractivity contribution >= 4 is 16.8 Å². The van der Waals surface area contributed by atoms with E-state index in [0.717, 1.165) is 30.2 Å². The largest absolute Gasteiger partial charge is 0.366 e. The van der Waals surface area contributed by atoms with Gasteiger partial charge in [0.05, 0.1) is 11.3 Å². The van der Waals surface area contributed by atoms with E-state index < -0.39 is 5.91 Å². The number of amides is 1. The van der Waals surface area contributed by atoms with Gasteiger partial charge in [0.15, 0.2) is 0 Å². The molecule has 3 aromatic rings. The van der Waals surface area contributed by atoms with Crippen LogP contribution < -0.4 is 11.1 Å². The lowest BCUT2D eigenvalue weighted by molar-refractivity contribution is 0.100. The molecule has 6 nitrogen and oxygen atoms in total. The molecule has 2 saturated heterocycles. The quantitative estimate of drug-likeness (QED) is 0.734. The van der Waals surface area contributed by atoms with Crippen molar-refractivity contribution < 1.29 is 4.79 Å². The molecule has 0 radical (unpaired) electrons. The lowest BCUT2D eigenvalue weighted by Crippen LogP contribution is -2.58. The van der Waals surface area contributed by atoms with Crippen LogP contribution in [0.25, 0.3) is 16.6 Å². The third-order valence-corrected chi connectivity index (χ3v) is 6.24. The summed E-state index contributed by atoms with van der Waals surface area (Å²) in [5.74, 6) is 0.187. The van der Waals surface area contributed by atoms with Gasteiger partial charge in [-0.1, -0.05) is 24.3 Å². The smallest absolute Gasteiger partial charge is 0.250 e. The summed E-state index contributed by atoms with van der Waals surface area (Å²) in [5.41, 5.74) is 8.99. The van der Waals surface area contributed by atoms with Crippen molar-refractivity contribution in [2.24, 2.45) is 5.73 Å². The standard InChI is InChI=1S/C22H25N5O/c23-22(28)20-3-1-2-17-14-27(25-21(17)20)18-6-4-15(5-7-18)16-8-10-26(11-9-16)19-12-24-13-19/h1-7,14,16,19,24H,8-13H2,(H2,23,28). The summed E-state index contributed by atoms with van der Waals surface area (Å²) < 4.78 is 1.83. The zero-order valence-electron chi connectivity index (χ0n) is 15.8. The van der Waals surface area contributed by atoms with Crippen molar-refractivity contribution in [3.05, 3.63) is 59.8 Å². The first-order valence-corrected chi connectivity index (χ1v) is 10.0. The highest BCUT2D eigenvalue weighted by molar-refractivity contribution is 6.04. The van der Waals surface area contributed by atoms with Gasteiger partial charge < -0.3 is 11.1 Å². The molecule has 1 amide bonds. The number of aromatic nitrogens is 2. The molecule has 6 heteroatoms. The molecule has 2 aliphatic heterocycles. The molecule has 0 bridgehead atoms. The minimum atomic E-state index is -0.449. The average Bonchev–Trinajstić information content (AvgIpc) is 3.11.